The largest absolute Gasteiger partial charge is 0.478 e. The number of benzene rings is 2. The van der Waals surface area contributed by atoms with Crippen LogP contribution in [0.4, 0.5) is 4.39 Å². The fourth-order valence-electron chi connectivity index (χ4n) is 1.77. The lowest BCUT2D eigenvalue weighted by atomic mass is 10.1. The molecule has 0 saturated heterocycles. The molecule has 2 aromatic rings. The Morgan fingerprint density at radius 3 is 2.05 bits per heavy atom. The number of halogens is 1. The average Bonchev–Trinajstić information content (AvgIpc) is 2.47. The molecule has 5 nitrogen and oxygen atoms in total. The van der Waals surface area contributed by atoms with Gasteiger partial charge in [-0.1, -0.05) is 12.1 Å². The minimum atomic E-state index is -3.88. The molecule has 2 aromatic carbocycles. The number of aromatic carboxylic acids is 1. The van der Waals surface area contributed by atoms with Crippen LogP contribution in [-0.2, 0) is 9.84 Å². The van der Waals surface area contributed by atoms with Crippen molar-refractivity contribution in [2.75, 3.05) is 0 Å². The summed E-state index contributed by atoms with van der Waals surface area (Å²) in [5, 5.41) is 7.44. The van der Waals surface area contributed by atoms with Gasteiger partial charge in [-0.2, -0.15) is 0 Å². The second kappa shape index (κ2) is 5.63. The standard InChI is InChI=1S/C14H12FNO4S/c15-11-5-7-12(8-6-11)21(19,20)13(16)9-1-3-10(4-2-9)14(17)18/h1-8,13H,16H2,(H,17,18). The summed E-state index contributed by atoms with van der Waals surface area (Å²) in [4.78, 5) is 10.6. The Bertz CT molecular complexity index is 755. The summed E-state index contributed by atoms with van der Waals surface area (Å²) in [6, 6.07) is 9.58. The molecule has 0 fully saturated rings. The van der Waals surface area contributed by atoms with E-state index in [0.29, 0.717) is 0 Å². The average molecular weight is 309 g/mol. The molecule has 0 saturated carbocycles. The van der Waals surface area contributed by atoms with Gasteiger partial charge in [0, 0.05) is 0 Å². The minimum Gasteiger partial charge on any atom is -0.478 e. The van der Waals surface area contributed by atoms with Crippen LogP contribution in [0.25, 0.3) is 0 Å². The zero-order valence-electron chi connectivity index (χ0n) is 10.7. The number of rotatable bonds is 4. The summed E-state index contributed by atoms with van der Waals surface area (Å²) in [7, 11) is -3.88. The van der Waals surface area contributed by atoms with Crippen LogP contribution >= 0.6 is 0 Å². The topological polar surface area (TPSA) is 97.5 Å². The Labute approximate surface area is 120 Å². The molecule has 0 aliphatic heterocycles. The van der Waals surface area contributed by atoms with E-state index in [1.807, 2.05) is 0 Å². The maximum absolute atomic E-state index is 12.8. The van der Waals surface area contributed by atoms with Gasteiger partial charge >= 0.3 is 5.97 Å². The summed E-state index contributed by atoms with van der Waals surface area (Å²) >= 11 is 0. The van der Waals surface area contributed by atoms with Gasteiger partial charge in [0.2, 0.25) is 0 Å². The fraction of sp³-hybridized carbons (Fsp3) is 0.0714. The van der Waals surface area contributed by atoms with Crippen molar-refractivity contribution in [3.8, 4) is 0 Å². The summed E-state index contributed by atoms with van der Waals surface area (Å²) in [5.74, 6) is -1.66. The van der Waals surface area contributed by atoms with Crippen LogP contribution in [0.2, 0.25) is 0 Å². The number of hydrogen-bond donors (Lipinski definition) is 2. The van der Waals surface area contributed by atoms with Crippen LogP contribution in [0.5, 0.6) is 0 Å². The van der Waals surface area contributed by atoms with Gasteiger partial charge in [-0.25, -0.2) is 17.6 Å². The summed E-state index contributed by atoms with van der Waals surface area (Å²) in [6.07, 6.45) is 0. The van der Waals surface area contributed by atoms with Gasteiger partial charge in [0.1, 0.15) is 11.2 Å². The first kappa shape index (κ1) is 15.1. The van der Waals surface area contributed by atoms with Gasteiger partial charge < -0.3 is 10.8 Å². The van der Waals surface area contributed by atoms with Crippen molar-refractivity contribution in [3.05, 3.63) is 65.5 Å². The maximum atomic E-state index is 12.8. The number of carboxylic acids is 1. The predicted molar refractivity (Wildman–Crippen MR) is 73.9 cm³/mol. The van der Waals surface area contributed by atoms with Crippen LogP contribution in [0.3, 0.4) is 0 Å². The monoisotopic (exact) mass is 309 g/mol. The van der Waals surface area contributed by atoms with Crippen molar-refractivity contribution < 1.29 is 22.7 Å². The van der Waals surface area contributed by atoms with Crippen LogP contribution in [0.15, 0.2) is 53.4 Å². The molecule has 0 aliphatic rings. The zero-order valence-corrected chi connectivity index (χ0v) is 11.5. The van der Waals surface area contributed by atoms with Crippen molar-refractivity contribution in [2.24, 2.45) is 5.73 Å². The zero-order chi connectivity index (χ0) is 15.6. The number of hydrogen-bond acceptors (Lipinski definition) is 4. The summed E-state index contributed by atoms with van der Waals surface area (Å²) in [6.45, 7) is 0. The molecule has 7 heteroatoms. The molecular formula is C14H12FNO4S. The van der Waals surface area contributed by atoms with Crippen molar-refractivity contribution in [1.29, 1.82) is 0 Å². The third-order valence-electron chi connectivity index (χ3n) is 2.96. The van der Waals surface area contributed by atoms with E-state index in [1.165, 1.54) is 24.3 Å². The smallest absolute Gasteiger partial charge is 0.335 e. The van der Waals surface area contributed by atoms with Crippen molar-refractivity contribution in [3.63, 3.8) is 0 Å². The maximum Gasteiger partial charge on any atom is 0.335 e. The molecule has 1 unspecified atom stereocenters. The van der Waals surface area contributed by atoms with Gasteiger partial charge in [-0.3, -0.25) is 0 Å². The van der Waals surface area contributed by atoms with E-state index in [2.05, 4.69) is 0 Å². The van der Waals surface area contributed by atoms with Gasteiger partial charge in [-0.05, 0) is 42.0 Å². The van der Waals surface area contributed by atoms with Crippen molar-refractivity contribution in [1.82, 2.24) is 0 Å². The first-order chi connectivity index (χ1) is 9.82. The Hall–Kier alpha value is -2.25. The number of carboxylic acid groups (broad SMARTS) is 1. The quantitative estimate of drug-likeness (QED) is 0.841. The molecule has 110 valence electrons. The Morgan fingerprint density at radius 2 is 1.57 bits per heavy atom. The first-order valence-corrected chi connectivity index (χ1v) is 7.45. The lowest BCUT2D eigenvalue weighted by molar-refractivity contribution is 0.0697. The molecule has 0 spiro atoms. The van der Waals surface area contributed by atoms with E-state index >= 15 is 0 Å². The SMILES string of the molecule is NC(c1ccc(C(=O)O)cc1)S(=O)(=O)c1ccc(F)cc1. The van der Waals surface area contributed by atoms with Crippen LogP contribution < -0.4 is 5.73 Å². The lowest BCUT2D eigenvalue weighted by Gasteiger charge is -2.13. The molecule has 0 aliphatic carbocycles. The molecule has 0 heterocycles. The highest BCUT2D eigenvalue weighted by molar-refractivity contribution is 7.91. The Kier molecular flexibility index (Phi) is 4.06. The van der Waals surface area contributed by atoms with Gasteiger partial charge in [0.05, 0.1) is 10.5 Å². The molecule has 3 N–H and O–H groups in total. The number of sulfone groups is 1. The summed E-state index contributed by atoms with van der Waals surface area (Å²) < 4.78 is 37.4. The molecule has 0 radical (unpaired) electrons. The fourth-order valence-corrected chi connectivity index (χ4v) is 3.09. The first-order valence-electron chi connectivity index (χ1n) is 5.90. The van der Waals surface area contributed by atoms with Crippen LogP contribution in [0, 0.1) is 5.82 Å². The van der Waals surface area contributed by atoms with E-state index in [4.69, 9.17) is 10.8 Å². The molecule has 21 heavy (non-hydrogen) atoms. The van der Waals surface area contributed by atoms with Crippen LogP contribution in [-0.4, -0.2) is 19.5 Å². The Balaban J connectivity index is 2.35. The predicted octanol–water partition coefficient (Wildman–Crippen LogP) is 1.96. The summed E-state index contributed by atoms with van der Waals surface area (Å²) in [5.41, 5.74) is 6.03. The third-order valence-corrected chi connectivity index (χ3v) is 4.83. The van der Waals surface area contributed by atoms with E-state index in [0.717, 1.165) is 24.3 Å². The van der Waals surface area contributed by atoms with Gasteiger partial charge in [0.15, 0.2) is 9.84 Å². The van der Waals surface area contributed by atoms with Crippen molar-refractivity contribution >= 4 is 15.8 Å². The normalized spacial score (nSPS) is 12.9. The van der Waals surface area contributed by atoms with Crippen LogP contribution in [0.1, 0.15) is 21.3 Å². The van der Waals surface area contributed by atoms with Crippen molar-refractivity contribution in [2.45, 2.75) is 10.3 Å². The minimum absolute atomic E-state index is 0.0325. The second-order valence-corrected chi connectivity index (χ2v) is 6.42. The number of nitrogens with two attached hydrogens (primary N) is 1. The van der Waals surface area contributed by atoms with Gasteiger partial charge in [-0.15, -0.1) is 0 Å². The van der Waals surface area contributed by atoms with Gasteiger partial charge in [0.25, 0.3) is 0 Å². The van der Waals surface area contributed by atoms with E-state index in [-0.39, 0.29) is 16.0 Å². The molecule has 0 amide bonds. The van der Waals surface area contributed by atoms with E-state index in [9.17, 15) is 17.6 Å². The Morgan fingerprint density at radius 1 is 1.05 bits per heavy atom. The molecule has 2 rings (SSSR count). The molecular weight excluding hydrogens is 297 g/mol. The lowest BCUT2D eigenvalue weighted by Crippen LogP contribution is -2.22. The molecule has 1 atom stereocenters. The third kappa shape index (κ3) is 3.09. The molecule has 0 aromatic heterocycles. The highest BCUT2D eigenvalue weighted by Crippen LogP contribution is 2.25. The van der Waals surface area contributed by atoms with E-state index < -0.39 is 27.0 Å². The highest BCUT2D eigenvalue weighted by Gasteiger charge is 2.25. The van der Waals surface area contributed by atoms with E-state index in [1.54, 1.807) is 0 Å². The highest BCUT2D eigenvalue weighted by atomic mass is 32.2. The second-order valence-electron chi connectivity index (χ2n) is 4.35. The molecule has 0 bridgehead atoms. The number of carbonyl (C=O) groups is 1.